The van der Waals surface area contributed by atoms with Gasteiger partial charge in [0.15, 0.2) is 0 Å². The van der Waals surface area contributed by atoms with Crippen LogP contribution in [0.15, 0.2) is 24.4 Å². The second-order valence-corrected chi connectivity index (χ2v) is 5.15. The van der Waals surface area contributed by atoms with Gasteiger partial charge in [0.1, 0.15) is 0 Å². The molecule has 0 unspecified atom stereocenters. The molecule has 1 N–H and O–H groups in total. The lowest BCUT2D eigenvalue weighted by Gasteiger charge is -1.99. The van der Waals surface area contributed by atoms with E-state index in [4.69, 9.17) is 0 Å². The second kappa shape index (κ2) is 4.75. The van der Waals surface area contributed by atoms with Crippen molar-refractivity contribution in [1.29, 1.82) is 0 Å². The molecule has 0 aliphatic carbocycles. The van der Waals surface area contributed by atoms with Crippen LogP contribution in [0.4, 0.5) is 0 Å². The molecule has 0 radical (unpaired) electrons. The Morgan fingerprint density at radius 3 is 3.00 bits per heavy atom. The fraction of sp³-hybridized carbons (Fsp3) is 0.385. The average molecular weight is 219 g/mol. The number of benzene rings is 1. The van der Waals surface area contributed by atoms with Gasteiger partial charge in [-0.15, -0.1) is 0 Å². The lowest BCUT2D eigenvalue weighted by Crippen LogP contribution is -1.87. The zero-order chi connectivity index (χ0) is 10.7. The van der Waals surface area contributed by atoms with Crippen molar-refractivity contribution < 1.29 is 0 Å². The Kier molecular flexibility index (Phi) is 3.37. The molecule has 2 heteroatoms. The van der Waals surface area contributed by atoms with E-state index in [0.717, 1.165) is 0 Å². The third-order valence-electron chi connectivity index (χ3n) is 2.73. The van der Waals surface area contributed by atoms with Gasteiger partial charge < -0.3 is 4.98 Å². The smallest absolute Gasteiger partial charge is 0.0486 e. The first-order valence-corrected chi connectivity index (χ1v) is 6.61. The molecule has 0 saturated heterocycles. The minimum atomic E-state index is 1.17. The van der Waals surface area contributed by atoms with Gasteiger partial charge in [-0.2, -0.15) is 11.8 Å². The van der Waals surface area contributed by atoms with Crippen LogP contribution >= 0.6 is 11.8 Å². The van der Waals surface area contributed by atoms with Crippen LogP contribution in [0.5, 0.6) is 0 Å². The predicted molar refractivity (Wildman–Crippen MR) is 69.7 cm³/mol. The fourth-order valence-electron chi connectivity index (χ4n) is 1.90. The molecule has 1 aromatic heterocycles. The van der Waals surface area contributed by atoms with Crippen molar-refractivity contribution in [3.05, 3.63) is 35.5 Å². The lowest BCUT2D eigenvalue weighted by molar-refractivity contribution is 1.17. The molecule has 0 spiro atoms. The van der Waals surface area contributed by atoms with Gasteiger partial charge in [0.25, 0.3) is 0 Å². The minimum Gasteiger partial charge on any atom is -0.361 e. The van der Waals surface area contributed by atoms with E-state index in [9.17, 15) is 0 Å². The highest BCUT2D eigenvalue weighted by Gasteiger charge is 2.04. The molecule has 0 aliphatic heterocycles. The zero-order valence-corrected chi connectivity index (χ0v) is 10.2. The molecule has 1 nitrogen and oxygen atoms in total. The van der Waals surface area contributed by atoms with Crippen LogP contribution in [-0.4, -0.2) is 16.5 Å². The fourth-order valence-corrected chi connectivity index (χ4v) is 2.55. The molecule has 2 aromatic rings. The van der Waals surface area contributed by atoms with Gasteiger partial charge >= 0.3 is 0 Å². The van der Waals surface area contributed by atoms with Crippen LogP contribution < -0.4 is 0 Å². The Balaban J connectivity index is 2.25. The van der Waals surface area contributed by atoms with Gasteiger partial charge in [-0.25, -0.2) is 0 Å². The Morgan fingerprint density at radius 1 is 1.33 bits per heavy atom. The summed E-state index contributed by atoms with van der Waals surface area (Å²) in [6.07, 6.45) is 3.33. The number of aromatic amines is 1. The summed E-state index contributed by atoms with van der Waals surface area (Å²) in [5.74, 6) is 2.43. The van der Waals surface area contributed by atoms with Crippen LogP contribution in [-0.2, 0) is 6.42 Å². The SMILES string of the molecule is CCSCCc1c[nH]c2c(C)cccc12. The predicted octanol–water partition coefficient (Wildman–Crippen LogP) is 3.77. The number of aromatic nitrogens is 1. The largest absolute Gasteiger partial charge is 0.361 e. The number of hydrogen-bond donors (Lipinski definition) is 1. The molecule has 1 aromatic carbocycles. The third kappa shape index (κ3) is 2.20. The molecule has 0 atom stereocenters. The van der Waals surface area contributed by atoms with Gasteiger partial charge in [0, 0.05) is 17.1 Å². The van der Waals surface area contributed by atoms with Crippen molar-refractivity contribution in [3.8, 4) is 0 Å². The summed E-state index contributed by atoms with van der Waals surface area (Å²) >= 11 is 2.01. The summed E-state index contributed by atoms with van der Waals surface area (Å²) in [4.78, 5) is 3.37. The van der Waals surface area contributed by atoms with Gasteiger partial charge in [-0.3, -0.25) is 0 Å². The molecule has 0 saturated carbocycles. The van der Waals surface area contributed by atoms with E-state index >= 15 is 0 Å². The van der Waals surface area contributed by atoms with Crippen LogP contribution in [0.1, 0.15) is 18.1 Å². The highest BCUT2D eigenvalue weighted by atomic mass is 32.2. The summed E-state index contributed by atoms with van der Waals surface area (Å²) < 4.78 is 0. The summed E-state index contributed by atoms with van der Waals surface area (Å²) in [6, 6.07) is 6.51. The molecular formula is C13H17NS. The Morgan fingerprint density at radius 2 is 2.20 bits per heavy atom. The molecule has 0 aliphatic rings. The third-order valence-corrected chi connectivity index (χ3v) is 3.63. The monoisotopic (exact) mass is 219 g/mol. The number of rotatable bonds is 4. The molecule has 2 rings (SSSR count). The number of para-hydroxylation sites is 1. The Labute approximate surface area is 95.3 Å². The number of hydrogen-bond acceptors (Lipinski definition) is 1. The molecule has 0 amide bonds. The van der Waals surface area contributed by atoms with Crippen molar-refractivity contribution >= 4 is 22.7 Å². The van der Waals surface area contributed by atoms with Gasteiger partial charge in [-0.1, -0.05) is 25.1 Å². The summed E-state index contributed by atoms with van der Waals surface area (Å²) in [6.45, 7) is 4.37. The zero-order valence-electron chi connectivity index (χ0n) is 9.34. The average Bonchev–Trinajstić information content (AvgIpc) is 2.64. The van der Waals surface area contributed by atoms with E-state index in [1.54, 1.807) is 0 Å². The van der Waals surface area contributed by atoms with Crippen molar-refractivity contribution in [2.24, 2.45) is 0 Å². The van der Waals surface area contributed by atoms with Gasteiger partial charge in [-0.05, 0) is 36.0 Å². The molecular weight excluding hydrogens is 202 g/mol. The van der Waals surface area contributed by atoms with Crippen LogP contribution in [0.3, 0.4) is 0 Å². The first kappa shape index (κ1) is 10.6. The molecule has 15 heavy (non-hydrogen) atoms. The summed E-state index contributed by atoms with van der Waals surface area (Å²) in [5, 5.41) is 1.40. The van der Waals surface area contributed by atoms with E-state index in [-0.39, 0.29) is 0 Å². The minimum absolute atomic E-state index is 1.17. The van der Waals surface area contributed by atoms with E-state index < -0.39 is 0 Å². The van der Waals surface area contributed by atoms with Crippen molar-refractivity contribution in [2.75, 3.05) is 11.5 Å². The quantitative estimate of drug-likeness (QED) is 0.774. The molecule has 80 valence electrons. The maximum atomic E-state index is 3.37. The highest BCUT2D eigenvalue weighted by molar-refractivity contribution is 7.99. The van der Waals surface area contributed by atoms with Crippen molar-refractivity contribution in [3.63, 3.8) is 0 Å². The first-order valence-electron chi connectivity index (χ1n) is 5.46. The van der Waals surface area contributed by atoms with E-state index in [1.165, 1.54) is 40.0 Å². The van der Waals surface area contributed by atoms with Crippen LogP contribution in [0, 0.1) is 6.92 Å². The van der Waals surface area contributed by atoms with E-state index in [1.807, 2.05) is 11.8 Å². The van der Waals surface area contributed by atoms with Crippen molar-refractivity contribution in [2.45, 2.75) is 20.3 Å². The van der Waals surface area contributed by atoms with Crippen molar-refractivity contribution in [1.82, 2.24) is 4.98 Å². The topological polar surface area (TPSA) is 15.8 Å². The standard InChI is InChI=1S/C13H17NS/c1-3-15-8-7-11-9-14-13-10(2)5-4-6-12(11)13/h4-6,9,14H,3,7-8H2,1-2H3. The van der Waals surface area contributed by atoms with Crippen LogP contribution in [0.2, 0.25) is 0 Å². The maximum Gasteiger partial charge on any atom is 0.0486 e. The molecule has 1 heterocycles. The van der Waals surface area contributed by atoms with Gasteiger partial charge in [0.05, 0.1) is 0 Å². The molecule has 0 fully saturated rings. The van der Waals surface area contributed by atoms with Gasteiger partial charge in [0.2, 0.25) is 0 Å². The highest BCUT2D eigenvalue weighted by Crippen LogP contribution is 2.22. The number of fused-ring (bicyclic) bond motifs is 1. The first-order chi connectivity index (χ1) is 7.33. The second-order valence-electron chi connectivity index (χ2n) is 3.76. The maximum absolute atomic E-state index is 3.37. The Hall–Kier alpha value is -0.890. The van der Waals surface area contributed by atoms with Crippen LogP contribution in [0.25, 0.3) is 10.9 Å². The number of H-pyrrole nitrogens is 1. The van der Waals surface area contributed by atoms with E-state index in [2.05, 4.69) is 43.2 Å². The Bertz CT molecular complexity index is 445. The summed E-state index contributed by atoms with van der Waals surface area (Å²) in [7, 11) is 0. The number of thioether (sulfide) groups is 1. The summed E-state index contributed by atoms with van der Waals surface area (Å²) in [5.41, 5.74) is 4.09. The molecule has 0 bridgehead atoms. The normalized spacial score (nSPS) is 11.1. The number of nitrogens with one attached hydrogen (secondary N) is 1. The lowest BCUT2D eigenvalue weighted by atomic mass is 10.1. The number of aryl methyl sites for hydroxylation is 2. The van der Waals surface area contributed by atoms with E-state index in [0.29, 0.717) is 0 Å².